The van der Waals surface area contributed by atoms with Crippen LogP contribution in [0, 0.1) is 11.8 Å². The van der Waals surface area contributed by atoms with Gasteiger partial charge < -0.3 is 29.6 Å². The fourth-order valence-corrected chi connectivity index (χ4v) is 3.30. The normalized spacial score (nSPS) is 12.6. The Labute approximate surface area is 223 Å². The average molecular weight is 547 g/mol. The maximum atomic E-state index is 12.7. The highest BCUT2D eigenvalue weighted by Crippen LogP contribution is 2.05. The predicted octanol–water partition coefficient (Wildman–Crippen LogP) is -1.44. The zero-order valence-corrected chi connectivity index (χ0v) is 23.5. The van der Waals surface area contributed by atoms with Gasteiger partial charge in [0.15, 0.2) is 0 Å². The maximum Gasteiger partial charge on any atom is 0.328 e. The minimum atomic E-state index is -0.879. The van der Waals surface area contributed by atoms with Crippen LogP contribution in [-0.2, 0) is 47.7 Å². The number of rotatable bonds is 17. The summed E-state index contributed by atoms with van der Waals surface area (Å²) in [4.78, 5) is 76.1. The summed E-state index contributed by atoms with van der Waals surface area (Å²) in [7, 11) is 4.84. The summed E-state index contributed by atoms with van der Waals surface area (Å²) >= 11 is 0. The second-order valence-electron chi connectivity index (χ2n) is 9.20. The van der Waals surface area contributed by atoms with E-state index in [1.54, 1.807) is 27.7 Å². The van der Waals surface area contributed by atoms with Crippen molar-refractivity contribution in [2.75, 3.05) is 67.7 Å². The van der Waals surface area contributed by atoms with Gasteiger partial charge in [0.25, 0.3) is 0 Å². The number of hydrogen-bond acceptors (Lipinski definition) is 12. The number of esters is 4. The molecule has 218 valence electrons. The van der Waals surface area contributed by atoms with Gasteiger partial charge in [0.1, 0.15) is 12.1 Å². The largest absolute Gasteiger partial charge is 0.468 e. The summed E-state index contributed by atoms with van der Waals surface area (Å²) in [5, 5.41) is 5.19. The molecule has 0 aromatic heterocycles. The summed E-state index contributed by atoms with van der Waals surface area (Å²) in [6, 6.07) is -1.76. The van der Waals surface area contributed by atoms with E-state index >= 15 is 0 Å². The van der Waals surface area contributed by atoms with Gasteiger partial charge in [0, 0.05) is 13.1 Å². The number of nitrogens with zero attached hydrogens (tertiary/aromatic N) is 2. The van der Waals surface area contributed by atoms with Gasteiger partial charge in [0.05, 0.1) is 54.6 Å². The Balaban J connectivity index is 5.51. The molecule has 14 heteroatoms. The molecule has 2 atom stereocenters. The predicted molar refractivity (Wildman–Crippen MR) is 134 cm³/mol. The van der Waals surface area contributed by atoms with E-state index in [-0.39, 0.29) is 51.1 Å². The van der Waals surface area contributed by atoms with E-state index in [1.807, 2.05) is 0 Å². The number of carbonyl (C=O) groups is 6. The maximum absolute atomic E-state index is 12.7. The number of ether oxygens (including phenoxy) is 4. The van der Waals surface area contributed by atoms with Crippen molar-refractivity contribution in [3.05, 3.63) is 0 Å². The monoisotopic (exact) mass is 546 g/mol. The van der Waals surface area contributed by atoms with E-state index < -0.39 is 47.8 Å². The third-order valence-electron chi connectivity index (χ3n) is 5.50. The lowest BCUT2D eigenvalue weighted by atomic mass is 10.0. The number of nitrogens with one attached hydrogen (secondary N) is 2. The summed E-state index contributed by atoms with van der Waals surface area (Å²) in [6.45, 7) is 6.05. The Morgan fingerprint density at radius 3 is 1.11 bits per heavy atom. The van der Waals surface area contributed by atoms with Gasteiger partial charge in [-0.15, -0.1) is 0 Å². The fraction of sp³-hybridized carbons (Fsp3) is 0.750. The van der Waals surface area contributed by atoms with Crippen LogP contribution < -0.4 is 10.6 Å². The Kier molecular flexibility index (Phi) is 16.5. The molecule has 0 heterocycles. The Bertz CT molecular complexity index is 752. The van der Waals surface area contributed by atoms with Crippen molar-refractivity contribution < 1.29 is 47.7 Å². The highest BCUT2D eigenvalue weighted by atomic mass is 16.5. The van der Waals surface area contributed by atoms with Gasteiger partial charge in [0.2, 0.25) is 11.8 Å². The van der Waals surface area contributed by atoms with Crippen LogP contribution in [0.3, 0.4) is 0 Å². The highest BCUT2D eigenvalue weighted by molar-refractivity contribution is 5.86. The Hall–Kier alpha value is -3.26. The zero-order chi connectivity index (χ0) is 29.4. The molecule has 0 aliphatic carbocycles. The highest BCUT2D eigenvalue weighted by Gasteiger charge is 2.28. The van der Waals surface area contributed by atoms with Gasteiger partial charge in [-0.1, -0.05) is 27.7 Å². The summed E-state index contributed by atoms with van der Waals surface area (Å²) in [6.07, 6.45) is 0. The van der Waals surface area contributed by atoms with Crippen LogP contribution in [0.5, 0.6) is 0 Å². The van der Waals surface area contributed by atoms with E-state index in [0.717, 1.165) is 0 Å². The molecule has 2 unspecified atom stereocenters. The van der Waals surface area contributed by atoms with Crippen LogP contribution in [0.25, 0.3) is 0 Å². The Morgan fingerprint density at radius 2 is 0.868 bits per heavy atom. The number of methoxy groups -OCH3 is 4. The third kappa shape index (κ3) is 13.3. The van der Waals surface area contributed by atoms with Crippen LogP contribution in [0.2, 0.25) is 0 Å². The Morgan fingerprint density at radius 1 is 0.553 bits per heavy atom. The molecule has 0 saturated carbocycles. The fourth-order valence-electron chi connectivity index (χ4n) is 3.30. The first-order valence-electron chi connectivity index (χ1n) is 12.1. The van der Waals surface area contributed by atoms with E-state index in [9.17, 15) is 28.8 Å². The van der Waals surface area contributed by atoms with Crippen molar-refractivity contribution in [1.29, 1.82) is 0 Å². The standard InChI is InChI=1S/C24H42N4O10/c1-15(2)21(23(33)37-7)25-17(29)11-27(13-19(31)35-5)9-10-28(14-20(32)36-6)12-18(30)26-22(16(3)4)24(34)38-8/h15-16,21-22H,9-14H2,1-8H3,(H,25,29)(H,26,30). The molecule has 0 aliphatic heterocycles. The zero-order valence-electron chi connectivity index (χ0n) is 23.5. The van der Waals surface area contributed by atoms with Crippen molar-refractivity contribution in [2.45, 2.75) is 39.8 Å². The molecule has 0 bridgehead atoms. The molecule has 0 aliphatic rings. The minimum Gasteiger partial charge on any atom is -0.468 e. The van der Waals surface area contributed by atoms with E-state index in [4.69, 9.17) is 18.9 Å². The smallest absolute Gasteiger partial charge is 0.328 e. The molecule has 0 saturated heterocycles. The first-order chi connectivity index (χ1) is 17.8. The summed E-state index contributed by atoms with van der Waals surface area (Å²) < 4.78 is 18.9. The van der Waals surface area contributed by atoms with Crippen molar-refractivity contribution in [3.8, 4) is 0 Å². The molecule has 0 fully saturated rings. The lowest BCUT2D eigenvalue weighted by Gasteiger charge is -2.27. The van der Waals surface area contributed by atoms with E-state index in [0.29, 0.717) is 0 Å². The van der Waals surface area contributed by atoms with Crippen molar-refractivity contribution in [3.63, 3.8) is 0 Å². The summed E-state index contributed by atoms with van der Waals surface area (Å²) in [5.74, 6) is -3.98. The van der Waals surface area contributed by atoms with E-state index in [2.05, 4.69) is 10.6 Å². The van der Waals surface area contributed by atoms with Crippen molar-refractivity contribution >= 4 is 35.7 Å². The van der Waals surface area contributed by atoms with E-state index in [1.165, 1.54) is 38.2 Å². The van der Waals surface area contributed by atoms with Crippen LogP contribution in [0.4, 0.5) is 0 Å². The molecule has 38 heavy (non-hydrogen) atoms. The van der Waals surface area contributed by atoms with Gasteiger partial charge in [-0.25, -0.2) is 9.59 Å². The SMILES string of the molecule is COC(=O)CN(CCN(CC(=O)NC(C(=O)OC)C(C)C)CC(=O)OC)CC(=O)NC(C(=O)OC)C(C)C. The van der Waals surface area contributed by atoms with Crippen LogP contribution in [-0.4, -0.2) is 125 Å². The summed E-state index contributed by atoms with van der Waals surface area (Å²) in [5.41, 5.74) is 0. The second kappa shape index (κ2) is 18.1. The molecule has 0 rings (SSSR count). The number of hydrogen-bond donors (Lipinski definition) is 2. The van der Waals surface area contributed by atoms with Gasteiger partial charge in [-0.05, 0) is 11.8 Å². The second-order valence-corrected chi connectivity index (χ2v) is 9.20. The average Bonchev–Trinajstić information content (AvgIpc) is 2.87. The minimum absolute atomic E-state index is 0.0714. The van der Waals surface area contributed by atoms with Crippen molar-refractivity contribution in [1.82, 2.24) is 20.4 Å². The molecule has 2 amide bonds. The topological polar surface area (TPSA) is 170 Å². The van der Waals surface area contributed by atoms with Crippen LogP contribution in [0.1, 0.15) is 27.7 Å². The number of amides is 2. The molecule has 0 aromatic rings. The molecular formula is C24H42N4O10. The van der Waals surface area contributed by atoms with Gasteiger partial charge >= 0.3 is 23.9 Å². The quantitative estimate of drug-likeness (QED) is 0.161. The molecule has 2 N–H and O–H groups in total. The first kappa shape index (κ1) is 34.7. The molecule has 0 radical (unpaired) electrons. The van der Waals surface area contributed by atoms with Crippen LogP contribution >= 0.6 is 0 Å². The van der Waals surface area contributed by atoms with Crippen LogP contribution in [0.15, 0.2) is 0 Å². The third-order valence-corrected chi connectivity index (χ3v) is 5.50. The molecule has 0 aromatic carbocycles. The first-order valence-corrected chi connectivity index (χ1v) is 12.1. The number of carbonyl (C=O) groups excluding carboxylic acids is 6. The molecule has 14 nitrogen and oxygen atoms in total. The lowest BCUT2D eigenvalue weighted by molar-refractivity contribution is -0.147. The van der Waals surface area contributed by atoms with Crippen molar-refractivity contribution in [2.24, 2.45) is 11.8 Å². The molecular weight excluding hydrogens is 504 g/mol. The molecule has 0 spiro atoms. The van der Waals surface area contributed by atoms with Gasteiger partial charge in [-0.3, -0.25) is 29.0 Å². The van der Waals surface area contributed by atoms with Gasteiger partial charge in [-0.2, -0.15) is 0 Å². The lowest BCUT2D eigenvalue weighted by Crippen LogP contribution is -2.51.